The summed E-state index contributed by atoms with van der Waals surface area (Å²) < 4.78 is 5.87. The Kier molecular flexibility index (Phi) is 7.06. The first-order chi connectivity index (χ1) is 17.6. The fourth-order valence-corrected chi connectivity index (χ4v) is 5.92. The van der Waals surface area contributed by atoms with Crippen molar-refractivity contribution in [3.8, 4) is 0 Å². The topological polar surface area (TPSA) is 70.1 Å². The van der Waals surface area contributed by atoms with Crippen molar-refractivity contribution in [3.63, 3.8) is 0 Å². The number of amides is 1. The van der Waals surface area contributed by atoms with Crippen LogP contribution in [0.5, 0.6) is 0 Å². The lowest BCUT2D eigenvalue weighted by Gasteiger charge is -2.37. The van der Waals surface area contributed by atoms with Gasteiger partial charge in [-0.05, 0) is 95.1 Å². The summed E-state index contributed by atoms with van der Waals surface area (Å²) in [5.74, 6) is -0.00352. The van der Waals surface area contributed by atoms with E-state index in [1.165, 1.54) is 11.1 Å². The van der Waals surface area contributed by atoms with Crippen molar-refractivity contribution in [2.75, 3.05) is 26.2 Å². The fourth-order valence-electron chi connectivity index (χ4n) is 5.92. The molecule has 2 atom stereocenters. The molecule has 1 N–H and O–H groups in total. The molecular weight excluding hydrogens is 464 g/mol. The number of ether oxygens (including phenoxy) is 1. The number of carbonyl (C=O) groups is 2. The first kappa shape index (κ1) is 25.8. The van der Waals surface area contributed by atoms with Gasteiger partial charge in [-0.25, -0.2) is 9.59 Å². The molecule has 0 spiro atoms. The van der Waals surface area contributed by atoms with Gasteiger partial charge in [0.25, 0.3) is 0 Å². The third-order valence-electron chi connectivity index (χ3n) is 8.25. The highest BCUT2D eigenvalue weighted by molar-refractivity contribution is 5.87. The highest BCUT2D eigenvalue weighted by Gasteiger charge is 2.52. The molecule has 1 amide bonds. The molecule has 3 aliphatic rings. The number of hydrogen-bond acceptors (Lipinski definition) is 4. The Hall–Kier alpha value is -2.86. The Morgan fingerprint density at radius 2 is 1.65 bits per heavy atom. The molecule has 0 aromatic heterocycles. The molecule has 6 heteroatoms. The minimum atomic E-state index is -0.877. The average molecular weight is 505 g/mol. The Morgan fingerprint density at radius 3 is 2.22 bits per heavy atom. The second-order valence-electron chi connectivity index (χ2n) is 12.4. The number of hydrogen-bond donors (Lipinski definition) is 1. The van der Waals surface area contributed by atoms with Crippen molar-refractivity contribution in [2.45, 2.75) is 76.4 Å². The van der Waals surface area contributed by atoms with E-state index in [9.17, 15) is 9.59 Å². The number of benzene rings is 2. The Labute approximate surface area is 220 Å². The van der Waals surface area contributed by atoms with Crippen molar-refractivity contribution >= 4 is 12.1 Å². The molecule has 0 unspecified atom stereocenters. The van der Waals surface area contributed by atoms with Crippen LogP contribution < -0.4 is 0 Å². The van der Waals surface area contributed by atoms with Crippen LogP contribution in [0.25, 0.3) is 0 Å². The summed E-state index contributed by atoms with van der Waals surface area (Å²) in [6.07, 6.45) is 5.31. The van der Waals surface area contributed by atoms with Crippen LogP contribution in [0.15, 0.2) is 54.6 Å². The van der Waals surface area contributed by atoms with Crippen molar-refractivity contribution < 1.29 is 19.4 Å². The van der Waals surface area contributed by atoms with E-state index in [1.54, 1.807) is 12.1 Å². The van der Waals surface area contributed by atoms with E-state index < -0.39 is 11.6 Å². The summed E-state index contributed by atoms with van der Waals surface area (Å²) in [6.45, 7) is 9.70. The molecule has 2 aromatic rings. The molecule has 2 aliphatic carbocycles. The third-order valence-corrected chi connectivity index (χ3v) is 8.25. The number of piperidine rings is 1. The molecule has 3 fully saturated rings. The van der Waals surface area contributed by atoms with Gasteiger partial charge in [0.2, 0.25) is 0 Å². The first-order valence-electron chi connectivity index (χ1n) is 13.7. The molecule has 37 heavy (non-hydrogen) atoms. The summed E-state index contributed by atoms with van der Waals surface area (Å²) in [6, 6.07) is 18.1. The van der Waals surface area contributed by atoms with Crippen LogP contribution in [0.2, 0.25) is 0 Å². The smallest absolute Gasteiger partial charge is 0.410 e. The zero-order valence-corrected chi connectivity index (χ0v) is 22.4. The van der Waals surface area contributed by atoms with E-state index in [0.29, 0.717) is 17.4 Å². The molecular formula is C31H40N2O4. The number of nitrogens with zero attached hydrogens (tertiary/aromatic N) is 2. The molecule has 198 valence electrons. The number of carbonyl (C=O) groups excluding carboxylic acids is 1. The molecule has 1 aliphatic heterocycles. The lowest BCUT2D eigenvalue weighted by molar-refractivity contribution is 0.0166. The normalized spacial score (nSPS) is 23.3. The largest absolute Gasteiger partial charge is 0.478 e. The van der Waals surface area contributed by atoms with E-state index in [4.69, 9.17) is 9.84 Å². The summed E-state index contributed by atoms with van der Waals surface area (Å²) in [5.41, 5.74) is 2.55. The molecule has 2 aromatic carbocycles. The van der Waals surface area contributed by atoms with Gasteiger partial charge in [0.05, 0.1) is 5.56 Å². The van der Waals surface area contributed by atoms with Gasteiger partial charge in [-0.3, -0.25) is 0 Å². The van der Waals surface area contributed by atoms with Gasteiger partial charge in [-0.2, -0.15) is 0 Å². The van der Waals surface area contributed by atoms with Crippen LogP contribution >= 0.6 is 0 Å². The predicted octanol–water partition coefficient (Wildman–Crippen LogP) is 6.14. The molecule has 1 heterocycles. The zero-order valence-electron chi connectivity index (χ0n) is 22.4. The van der Waals surface area contributed by atoms with Crippen molar-refractivity contribution in [1.29, 1.82) is 0 Å². The van der Waals surface area contributed by atoms with Gasteiger partial charge < -0.3 is 19.6 Å². The Bertz CT molecular complexity index is 1100. The maximum Gasteiger partial charge on any atom is 0.410 e. The molecule has 0 radical (unpaired) electrons. The maximum absolute atomic E-state index is 13.3. The van der Waals surface area contributed by atoms with Crippen molar-refractivity contribution in [3.05, 3.63) is 71.3 Å². The predicted molar refractivity (Wildman–Crippen MR) is 144 cm³/mol. The summed E-state index contributed by atoms with van der Waals surface area (Å²) in [4.78, 5) is 29.1. The van der Waals surface area contributed by atoms with Crippen LogP contribution in [0.4, 0.5) is 4.79 Å². The second-order valence-corrected chi connectivity index (χ2v) is 12.4. The lowest BCUT2D eigenvalue weighted by Crippen LogP contribution is -2.45. The van der Waals surface area contributed by atoms with Crippen molar-refractivity contribution in [1.82, 2.24) is 9.80 Å². The van der Waals surface area contributed by atoms with Crippen LogP contribution in [0, 0.1) is 5.41 Å². The summed E-state index contributed by atoms with van der Waals surface area (Å²) >= 11 is 0. The van der Waals surface area contributed by atoms with Gasteiger partial charge >= 0.3 is 12.1 Å². The van der Waals surface area contributed by atoms with Crippen LogP contribution in [0.1, 0.15) is 86.2 Å². The maximum atomic E-state index is 13.3. The molecule has 6 nitrogen and oxygen atoms in total. The van der Waals surface area contributed by atoms with Gasteiger partial charge in [-0.1, -0.05) is 42.5 Å². The summed E-state index contributed by atoms with van der Waals surface area (Å²) in [5, 5.41) is 9.16. The van der Waals surface area contributed by atoms with E-state index in [2.05, 4.69) is 29.2 Å². The van der Waals surface area contributed by atoms with Gasteiger partial charge in [0.15, 0.2) is 0 Å². The van der Waals surface area contributed by atoms with Gasteiger partial charge in [0.1, 0.15) is 5.60 Å². The number of rotatable bonds is 8. The molecule has 0 bridgehead atoms. The first-order valence-corrected chi connectivity index (χ1v) is 13.7. The van der Waals surface area contributed by atoms with Gasteiger partial charge in [-0.15, -0.1) is 0 Å². The van der Waals surface area contributed by atoms with E-state index >= 15 is 0 Å². The SMILES string of the molecule is CC(C)(C)OC(=O)N(CC1(CN2CCC(c3ccc(C(=O)O)cc3)CC2)CC1)[C@H]1C[C@@H]1c1ccccc1. The van der Waals surface area contributed by atoms with Crippen LogP contribution in [-0.2, 0) is 4.74 Å². The lowest BCUT2D eigenvalue weighted by atomic mass is 9.88. The minimum absolute atomic E-state index is 0.163. The standard InChI is InChI=1S/C31H40N2O4/c1-30(2,3)37-29(36)33(27-19-26(27)24-7-5-4-6-8-24)21-31(15-16-31)20-32-17-13-23(14-18-32)22-9-11-25(12-10-22)28(34)35/h4-12,23,26-27H,13-21H2,1-3H3,(H,34,35)/t26-,27+/m1/s1. The molecule has 5 rings (SSSR count). The Morgan fingerprint density at radius 1 is 1.00 bits per heavy atom. The fraction of sp³-hybridized carbons (Fsp3) is 0.548. The zero-order chi connectivity index (χ0) is 26.2. The van der Waals surface area contributed by atoms with E-state index in [-0.39, 0.29) is 17.6 Å². The number of carboxylic acids is 1. The van der Waals surface area contributed by atoms with Crippen molar-refractivity contribution in [2.24, 2.45) is 5.41 Å². The number of aromatic carboxylic acids is 1. The quantitative estimate of drug-likeness (QED) is 0.468. The average Bonchev–Trinajstić information content (AvgIpc) is 3.79. The highest BCUT2D eigenvalue weighted by atomic mass is 16.6. The number of carboxylic acid groups (broad SMARTS) is 1. The summed E-state index contributed by atoms with van der Waals surface area (Å²) in [7, 11) is 0. The molecule has 2 saturated carbocycles. The molecule has 1 saturated heterocycles. The van der Waals surface area contributed by atoms with Gasteiger partial charge in [0, 0.05) is 30.5 Å². The minimum Gasteiger partial charge on any atom is -0.478 e. The van der Waals surface area contributed by atoms with Crippen LogP contribution in [-0.4, -0.2) is 64.8 Å². The Balaban J connectivity index is 1.20. The highest BCUT2D eigenvalue weighted by Crippen LogP contribution is 2.52. The van der Waals surface area contributed by atoms with E-state index in [0.717, 1.165) is 58.3 Å². The van der Waals surface area contributed by atoms with Crippen LogP contribution in [0.3, 0.4) is 0 Å². The second kappa shape index (κ2) is 10.1. The third kappa shape index (κ3) is 6.35. The number of likely N-dealkylation sites (tertiary alicyclic amines) is 1. The monoisotopic (exact) mass is 504 g/mol. The van der Waals surface area contributed by atoms with E-state index in [1.807, 2.05) is 43.9 Å².